The van der Waals surface area contributed by atoms with Gasteiger partial charge in [0.15, 0.2) is 0 Å². The predicted molar refractivity (Wildman–Crippen MR) is 96.4 cm³/mol. The first-order valence-corrected chi connectivity index (χ1v) is 8.44. The van der Waals surface area contributed by atoms with Gasteiger partial charge in [-0.15, -0.1) is 0 Å². The lowest BCUT2D eigenvalue weighted by atomic mass is 10.1. The van der Waals surface area contributed by atoms with Gasteiger partial charge in [0.05, 0.1) is 18.8 Å². The van der Waals surface area contributed by atoms with Crippen LogP contribution in [-0.4, -0.2) is 37.0 Å². The smallest absolute Gasteiger partial charge is 0.244 e. The van der Waals surface area contributed by atoms with Crippen LogP contribution in [0.15, 0.2) is 42.5 Å². The fraction of sp³-hybridized carbons (Fsp3) is 0.350. The summed E-state index contributed by atoms with van der Waals surface area (Å²) in [6.07, 6.45) is 0. The predicted octanol–water partition coefficient (Wildman–Crippen LogP) is 3.38. The van der Waals surface area contributed by atoms with E-state index >= 15 is 0 Å². The van der Waals surface area contributed by atoms with E-state index in [0.29, 0.717) is 30.9 Å². The van der Waals surface area contributed by atoms with Crippen LogP contribution in [0.2, 0.25) is 0 Å². The number of piperazine rings is 1. The Morgan fingerprint density at radius 1 is 1.20 bits per heavy atom. The molecule has 1 heterocycles. The Morgan fingerprint density at radius 3 is 2.68 bits per heavy atom. The topological polar surface area (TPSA) is 32.8 Å². The highest BCUT2D eigenvalue weighted by molar-refractivity contribution is 5.99. The third-order valence-corrected chi connectivity index (χ3v) is 4.74. The van der Waals surface area contributed by atoms with Crippen LogP contribution in [0, 0.1) is 12.7 Å². The normalized spacial score (nSPS) is 18.5. The van der Waals surface area contributed by atoms with E-state index in [1.165, 1.54) is 6.07 Å². The quantitative estimate of drug-likeness (QED) is 0.854. The lowest BCUT2D eigenvalue weighted by molar-refractivity contribution is -0.125. The molecule has 1 atom stereocenters. The molecular formula is C20H23FN2O2. The first-order valence-electron chi connectivity index (χ1n) is 8.44. The van der Waals surface area contributed by atoms with Crippen molar-refractivity contribution in [1.82, 2.24) is 4.90 Å². The van der Waals surface area contributed by atoms with Crippen molar-refractivity contribution >= 4 is 11.6 Å². The molecule has 4 nitrogen and oxygen atoms in total. The fourth-order valence-corrected chi connectivity index (χ4v) is 3.23. The Morgan fingerprint density at radius 2 is 1.96 bits per heavy atom. The van der Waals surface area contributed by atoms with E-state index in [-0.39, 0.29) is 17.8 Å². The van der Waals surface area contributed by atoms with Gasteiger partial charge in [0.2, 0.25) is 5.91 Å². The zero-order valence-electron chi connectivity index (χ0n) is 14.8. The van der Waals surface area contributed by atoms with Crippen LogP contribution in [0.1, 0.15) is 18.1 Å². The highest BCUT2D eigenvalue weighted by atomic mass is 19.1. The summed E-state index contributed by atoms with van der Waals surface area (Å²) < 4.78 is 19.3. The van der Waals surface area contributed by atoms with E-state index in [9.17, 15) is 9.18 Å². The summed E-state index contributed by atoms with van der Waals surface area (Å²) in [5.74, 6) is 0.463. The number of amides is 1. The van der Waals surface area contributed by atoms with Gasteiger partial charge in [-0.3, -0.25) is 9.69 Å². The number of rotatable bonds is 4. The van der Waals surface area contributed by atoms with E-state index in [1.54, 1.807) is 24.1 Å². The molecule has 1 saturated heterocycles. The van der Waals surface area contributed by atoms with E-state index in [0.717, 1.165) is 11.3 Å². The van der Waals surface area contributed by atoms with E-state index in [4.69, 9.17) is 4.74 Å². The molecule has 5 heteroatoms. The second-order valence-corrected chi connectivity index (χ2v) is 6.40. The Kier molecular flexibility index (Phi) is 5.04. The summed E-state index contributed by atoms with van der Waals surface area (Å²) in [4.78, 5) is 16.7. The molecule has 0 N–H and O–H groups in total. The molecule has 2 aromatic rings. The molecule has 2 aromatic carbocycles. The Bertz CT molecular complexity index is 778. The number of halogens is 1. The van der Waals surface area contributed by atoms with Gasteiger partial charge in [0.25, 0.3) is 0 Å². The van der Waals surface area contributed by atoms with Crippen molar-refractivity contribution < 1.29 is 13.9 Å². The van der Waals surface area contributed by atoms with Gasteiger partial charge in [-0.05, 0) is 37.6 Å². The van der Waals surface area contributed by atoms with Gasteiger partial charge in [-0.25, -0.2) is 4.39 Å². The maximum absolute atomic E-state index is 13.9. The van der Waals surface area contributed by atoms with Gasteiger partial charge >= 0.3 is 0 Å². The van der Waals surface area contributed by atoms with Crippen LogP contribution in [-0.2, 0) is 11.3 Å². The average Bonchev–Trinajstić information content (AvgIpc) is 2.61. The highest BCUT2D eigenvalue weighted by Gasteiger charge is 2.33. The number of methoxy groups -OCH3 is 1. The Labute approximate surface area is 147 Å². The largest absolute Gasteiger partial charge is 0.495 e. The molecule has 0 radical (unpaired) electrons. The summed E-state index contributed by atoms with van der Waals surface area (Å²) >= 11 is 0. The summed E-state index contributed by atoms with van der Waals surface area (Å²) in [7, 11) is 1.61. The van der Waals surface area contributed by atoms with Gasteiger partial charge in [0.1, 0.15) is 11.6 Å². The second kappa shape index (κ2) is 7.23. The van der Waals surface area contributed by atoms with Crippen molar-refractivity contribution in [1.29, 1.82) is 0 Å². The average molecular weight is 342 g/mol. The SMILES string of the molecule is COc1ccc(C)cc1N1CCN(Cc2ccccc2F)[C@@H](C)C1=O. The van der Waals surface area contributed by atoms with Crippen molar-refractivity contribution in [2.45, 2.75) is 26.4 Å². The maximum Gasteiger partial charge on any atom is 0.244 e. The lowest BCUT2D eigenvalue weighted by Gasteiger charge is -2.39. The van der Waals surface area contributed by atoms with Crippen LogP contribution in [0.5, 0.6) is 5.75 Å². The van der Waals surface area contributed by atoms with Gasteiger partial charge in [0, 0.05) is 25.2 Å². The Hall–Kier alpha value is -2.40. The third kappa shape index (κ3) is 3.51. The number of benzene rings is 2. The molecule has 0 saturated carbocycles. The number of carbonyl (C=O) groups excluding carboxylic acids is 1. The molecule has 0 bridgehead atoms. The first kappa shape index (κ1) is 17.4. The lowest BCUT2D eigenvalue weighted by Crippen LogP contribution is -2.55. The van der Waals surface area contributed by atoms with Crippen molar-refractivity contribution in [2.75, 3.05) is 25.1 Å². The first-order chi connectivity index (χ1) is 12.0. The number of anilines is 1. The minimum atomic E-state index is -0.321. The number of ether oxygens (including phenoxy) is 1. The molecule has 1 aliphatic heterocycles. The Balaban J connectivity index is 1.80. The van der Waals surface area contributed by atoms with E-state index < -0.39 is 0 Å². The molecule has 0 spiro atoms. The summed E-state index contributed by atoms with van der Waals surface area (Å²) in [5, 5.41) is 0. The van der Waals surface area contributed by atoms with Gasteiger partial charge < -0.3 is 9.64 Å². The summed E-state index contributed by atoms with van der Waals surface area (Å²) in [5.41, 5.74) is 2.48. The van der Waals surface area contributed by atoms with Crippen LogP contribution in [0.3, 0.4) is 0 Å². The van der Waals surface area contributed by atoms with E-state index in [1.807, 2.05) is 43.0 Å². The van der Waals surface area contributed by atoms with Crippen molar-refractivity contribution in [3.8, 4) is 5.75 Å². The molecule has 0 aliphatic carbocycles. The highest BCUT2D eigenvalue weighted by Crippen LogP contribution is 2.31. The van der Waals surface area contributed by atoms with Gasteiger partial charge in [-0.1, -0.05) is 24.3 Å². The molecule has 25 heavy (non-hydrogen) atoms. The number of hydrogen-bond donors (Lipinski definition) is 0. The molecule has 1 amide bonds. The van der Waals surface area contributed by atoms with Crippen LogP contribution >= 0.6 is 0 Å². The van der Waals surface area contributed by atoms with Crippen LogP contribution < -0.4 is 9.64 Å². The van der Waals surface area contributed by atoms with E-state index in [2.05, 4.69) is 0 Å². The minimum Gasteiger partial charge on any atom is -0.495 e. The monoisotopic (exact) mass is 342 g/mol. The van der Waals surface area contributed by atoms with Crippen molar-refractivity contribution in [3.05, 3.63) is 59.4 Å². The number of nitrogens with zero attached hydrogens (tertiary/aromatic N) is 2. The molecule has 0 unspecified atom stereocenters. The maximum atomic E-state index is 13.9. The minimum absolute atomic E-state index is 0.00601. The number of hydrogen-bond acceptors (Lipinski definition) is 3. The molecular weight excluding hydrogens is 319 g/mol. The zero-order chi connectivity index (χ0) is 18.0. The zero-order valence-corrected chi connectivity index (χ0v) is 14.8. The molecule has 1 aliphatic rings. The fourth-order valence-electron chi connectivity index (χ4n) is 3.23. The van der Waals surface area contributed by atoms with Gasteiger partial charge in [-0.2, -0.15) is 0 Å². The number of aryl methyl sites for hydroxylation is 1. The second-order valence-electron chi connectivity index (χ2n) is 6.40. The van der Waals surface area contributed by atoms with Crippen LogP contribution in [0.25, 0.3) is 0 Å². The standard InChI is InChI=1S/C20H23FN2O2/c1-14-8-9-19(25-3)18(12-14)23-11-10-22(15(2)20(23)24)13-16-6-4-5-7-17(16)21/h4-9,12,15H,10-11,13H2,1-3H3/t15-/m0/s1. The van der Waals surface area contributed by atoms with Crippen molar-refractivity contribution in [3.63, 3.8) is 0 Å². The summed E-state index contributed by atoms with van der Waals surface area (Å²) in [6.45, 7) is 5.52. The van der Waals surface area contributed by atoms with Crippen LogP contribution in [0.4, 0.5) is 10.1 Å². The van der Waals surface area contributed by atoms with Crippen molar-refractivity contribution in [2.24, 2.45) is 0 Å². The molecule has 3 rings (SSSR count). The number of carbonyl (C=O) groups is 1. The third-order valence-electron chi connectivity index (χ3n) is 4.74. The molecule has 132 valence electrons. The molecule has 1 fully saturated rings. The summed E-state index contributed by atoms with van der Waals surface area (Å²) in [6, 6.07) is 12.2. The molecule has 0 aromatic heterocycles.